The fraction of sp³-hybridized carbons (Fsp3) is 0.929. The molecular weight excluding hydrogens is 226 g/mol. The molecule has 1 aliphatic heterocycles. The molecule has 0 radical (unpaired) electrons. The zero-order valence-corrected chi connectivity index (χ0v) is 11.6. The summed E-state index contributed by atoms with van der Waals surface area (Å²) < 4.78 is 5.94. The Bertz CT molecular complexity index is 321. The highest BCUT2D eigenvalue weighted by atomic mass is 16.5. The van der Waals surface area contributed by atoms with E-state index in [0.29, 0.717) is 0 Å². The van der Waals surface area contributed by atoms with Gasteiger partial charge >= 0.3 is 0 Å². The second-order valence-electron chi connectivity index (χ2n) is 5.99. The fourth-order valence-corrected chi connectivity index (χ4v) is 3.36. The Kier molecular flexibility index (Phi) is 4.55. The van der Waals surface area contributed by atoms with Gasteiger partial charge in [0.15, 0.2) is 0 Å². The van der Waals surface area contributed by atoms with Gasteiger partial charge in [0.2, 0.25) is 0 Å². The van der Waals surface area contributed by atoms with Crippen molar-refractivity contribution in [3.8, 4) is 0 Å². The van der Waals surface area contributed by atoms with Gasteiger partial charge in [-0.3, -0.25) is 0 Å². The molecule has 1 saturated carbocycles. The van der Waals surface area contributed by atoms with Crippen molar-refractivity contribution in [2.45, 2.75) is 63.6 Å². The average Bonchev–Trinajstić information content (AvgIpc) is 2.40. The van der Waals surface area contributed by atoms with Gasteiger partial charge in [-0.1, -0.05) is 13.3 Å². The minimum Gasteiger partial charge on any atom is -0.425 e. The van der Waals surface area contributed by atoms with E-state index >= 15 is 0 Å². The predicted molar refractivity (Wildman–Crippen MR) is 72.2 cm³/mol. The van der Waals surface area contributed by atoms with E-state index in [1.54, 1.807) is 4.90 Å². The summed E-state index contributed by atoms with van der Waals surface area (Å²) in [5, 5.41) is 8.72. The van der Waals surface area contributed by atoms with E-state index in [1.165, 1.54) is 32.1 Å². The van der Waals surface area contributed by atoms with Gasteiger partial charge in [0, 0.05) is 0 Å². The molecule has 1 saturated heterocycles. The molecule has 1 N–H and O–H groups in total. The van der Waals surface area contributed by atoms with Crippen LogP contribution in [0.1, 0.15) is 46.0 Å². The molecule has 0 bridgehead atoms. The number of rotatable bonds is 3. The lowest BCUT2D eigenvalue weighted by Gasteiger charge is -2.45. The first kappa shape index (κ1) is 13.7. The van der Waals surface area contributed by atoms with E-state index in [1.807, 2.05) is 12.9 Å². The van der Waals surface area contributed by atoms with Gasteiger partial charge in [0.05, 0.1) is 12.6 Å². The average molecular weight is 251 g/mol. The van der Waals surface area contributed by atoms with E-state index in [4.69, 9.17) is 10.1 Å². The van der Waals surface area contributed by atoms with Gasteiger partial charge in [-0.2, -0.15) is 6.01 Å². The highest BCUT2D eigenvalue weighted by Crippen LogP contribution is 2.21. The van der Waals surface area contributed by atoms with E-state index in [9.17, 15) is 0 Å². The quantitative estimate of drug-likeness (QED) is 0.751. The number of nitrogens with one attached hydrogen (secondary N) is 1. The van der Waals surface area contributed by atoms with E-state index in [0.717, 1.165) is 25.7 Å². The zero-order chi connectivity index (χ0) is 13.0. The maximum absolute atomic E-state index is 8.72. The molecule has 2 fully saturated rings. The molecule has 0 amide bonds. The topological polar surface area (TPSA) is 48.3 Å². The first-order valence-corrected chi connectivity index (χ1v) is 7.23. The van der Waals surface area contributed by atoms with Gasteiger partial charge in [-0.25, -0.2) is 0 Å². The maximum atomic E-state index is 8.72. The van der Waals surface area contributed by atoms with Crippen LogP contribution in [0.15, 0.2) is 4.99 Å². The first-order chi connectivity index (χ1) is 8.65. The van der Waals surface area contributed by atoms with Crippen molar-refractivity contribution >= 4 is 6.01 Å². The molecule has 0 aromatic carbocycles. The molecule has 3 atom stereocenters. The fourth-order valence-electron chi connectivity index (χ4n) is 3.36. The van der Waals surface area contributed by atoms with Crippen molar-refractivity contribution in [2.24, 2.45) is 4.99 Å². The lowest BCUT2D eigenvalue weighted by molar-refractivity contribution is -0.941. The first-order valence-electron chi connectivity index (χ1n) is 7.23. The summed E-state index contributed by atoms with van der Waals surface area (Å²) in [7, 11) is 0. The van der Waals surface area contributed by atoms with Crippen LogP contribution in [0.4, 0.5) is 0 Å². The molecule has 2 aliphatic rings. The lowest BCUT2D eigenvalue weighted by atomic mass is 9.90. The Hall–Kier alpha value is -0.700. The Morgan fingerprint density at radius 1 is 1.39 bits per heavy atom. The second kappa shape index (κ2) is 5.96. The third-order valence-electron chi connectivity index (χ3n) is 4.75. The molecular formula is C14H25N3O. The van der Waals surface area contributed by atoms with Crippen molar-refractivity contribution in [3.05, 3.63) is 5.41 Å². The number of morpholine rings is 1. The van der Waals surface area contributed by atoms with Crippen LogP contribution in [-0.4, -0.2) is 43.4 Å². The van der Waals surface area contributed by atoms with Crippen molar-refractivity contribution < 1.29 is 9.64 Å². The number of hydrogen-bond acceptors (Lipinski definition) is 2. The van der Waals surface area contributed by atoms with Gasteiger partial charge in [-0.05, 0) is 38.6 Å². The number of quaternary nitrogens is 1. The summed E-state index contributed by atoms with van der Waals surface area (Å²) in [4.78, 5) is 5.64. The Morgan fingerprint density at radius 3 is 2.78 bits per heavy atom. The van der Waals surface area contributed by atoms with Crippen LogP contribution in [-0.2, 0) is 4.74 Å². The highest BCUT2D eigenvalue weighted by molar-refractivity contribution is 5.45. The van der Waals surface area contributed by atoms with Crippen LogP contribution in [0, 0.1) is 0 Å². The van der Waals surface area contributed by atoms with Gasteiger partial charge in [0.25, 0.3) is 0 Å². The highest BCUT2D eigenvalue weighted by Gasteiger charge is 2.40. The van der Waals surface area contributed by atoms with E-state index in [-0.39, 0.29) is 11.6 Å². The number of nitrogens with zero attached hydrogens (tertiary/aromatic N) is 2. The third-order valence-corrected chi connectivity index (χ3v) is 4.75. The predicted octanol–water partition coefficient (Wildman–Crippen LogP) is 1.12. The Morgan fingerprint density at radius 2 is 2.11 bits per heavy atom. The summed E-state index contributed by atoms with van der Waals surface area (Å²) in [5.74, 6) is 0. The van der Waals surface area contributed by atoms with Crippen molar-refractivity contribution in [1.29, 1.82) is 0 Å². The number of aliphatic imine (C=N–C) groups is 1. The molecule has 4 nitrogen and oxygen atoms in total. The van der Waals surface area contributed by atoms with Crippen molar-refractivity contribution in [1.82, 2.24) is 0 Å². The summed E-state index contributed by atoms with van der Waals surface area (Å²) in [6.45, 7) is 7.00. The molecule has 1 aliphatic carbocycles. The third kappa shape index (κ3) is 3.00. The van der Waals surface area contributed by atoms with E-state index < -0.39 is 0 Å². The van der Waals surface area contributed by atoms with Crippen LogP contribution in [0.25, 0.3) is 5.41 Å². The van der Waals surface area contributed by atoms with Gasteiger partial charge < -0.3 is 20.0 Å². The SMILES string of the molecule is CC(N=C=[N-])C1(C)C[NH+](C2CCCCC2)CCO1. The Balaban J connectivity index is 2.00. The minimum absolute atomic E-state index is 0.0404. The van der Waals surface area contributed by atoms with Crippen LogP contribution >= 0.6 is 0 Å². The zero-order valence-electron chi connectivity index (χ0n) is 11.6. The lowest BCUT2D eigenvalue weighted by Crippen LogP contribution is -3.19. The molecule has 2 rings (SSSR count). The number of ether oxygens (including phenoxy) is 1. The summed E-state index contributed by atoms with van der Waals surface area (Å²) in [6.07, 6.45) is 6.87. The summed E-state index contributed by atoms with van der Waals surface area (Å²) in [6, 6.07) is 2.68. The molecule has 0 spiro atoms. The molecule has 4 heteroatoms. The molecule has 102 valence electrons. The molecule has 3 unspecified atom stereocenters. The molecule has 1 heterocycles. The largest absolute Gasteiger partial charge is 0.425 e. The summed E-state index contributed by atoms with van der Waals surface area (Å²) >= 11 is 0. The number of hydrogen-bond donors (Lipinski definition) is 1. The van der Waals surface area contributed by atoms with Gasteiger partial charge in [-0.15, -0.1) is 0 Å². The standard InChI is InChI=1S/C14H24N3O/c1-12(16-11-15)14(2)10-17(8-9-18-14)13-6-4-3-5-7-13/h12-13H,3-10H2,1-2H3/q-1/p+1. The minimum atomic E-state index is -0.263. The second-order valence-corrected chi connectivity index (χ2v) is 5.99. The Labute approximate surface area is 110 Å². The molecule has 0 aromatic heterocycles. The van der Waals surface area contributed by atoms with Crippen molar-refractivity contribution in [2.75, 3.05) is 19.7 Å². The van der Waals surface area contributed by atoms with Gasteiger partial charge in [0.1, 0.15) is 18.7 Å². The van der Waals surface area contributed by atoms with Crippen LogP contribution in [0.2, 0.25) is 0 Å². The van der Waals surface area contributed by atoms with Crippen LogP contribution in [0.5, 0.6) is 0 Å². The van der Waals surface area contributed by atoms with Crippen LogP contribution in [0.3, 0.4) is 0 Å². The summed E-state index contributed by atoms with van der Waals surface area (Å²) in [5.41, 5.74) is -0.263. The van der Waals surface area contributed by atoms with Crippen molar-refractivity contribution in [3.63, 3.8) is 0 Å². The monoisotopic (exact) mass is 251 g/mol. The molecule has 18 heavy (non-hydrogen) atoms. The molecule has 0 aromatic rings. The maximum Gasteiger partial charge on any atom is 0.117 e. The van der Waals surface area contributed by atoms with Crippen LogP contribution < -0.4 is 4.90 Å². The normalized spacial score (nSPS) is 35.8. The smallest absolute Gasteiger partial charge is 0.117 e. The van der Waals surface area contributed by atoms with E-state index in [2.05, 4.69) is 11.9 Å².